The van der Waals surface area contributed by atoms with E-state index in [2.05, 4.69) is 5.32 Å². The number of sulfonamides is 1. The van der Waals surface area contributed by atoms with Gasteiger partial charge in [0.15, 0.2) is 6.61 Å². The van der Waals surface area contributed by atoms with Gasteiger partial charge in [0.1, 0.15) is 5.75 Å². The summed E-state index contributed by atoms with van der Waals surface area (Å²) in [6.07, 6.45) is -1.32. The number of carbonyl (C=O) groups excluding carboxylic acids is 1. The highest BCUT2D eigenvalue weighted by Crippen LogP contribution is 2.28. The molecule has 1 amide bonds. The first-order chi connectivity index (χ1) is 15.5. The molecule has 1 saturated heterocycles. The molecule has 180 valence electrons. The first-order valence-corrected chi connectivity index (χ1v) is 12.2. The molecular weight excluding hydrogens is 457 g/mol. The molecule has 0 saturated carbocycles. The Hall–Kier alpha value is -2.59. The molecule has 0 atom stereocenters. The fraction of sp³-hybridized carbons (Fsp3) is 0.435. The van der Waals surface area contributed by atoms with Gasteiger partial charge in [0.05, 0.1) is 10.6 Å². The summed E-state index contributed by atoms with van der Waals surface area (Å²) in [6.45, 7) is 1.31. The number of rotatable bonds is 8. The van der Waals surface area contributed by atoms with Crippen molar-refractivity contribution in [2.45, 2.75) is 50.1 Å². The number of alkyl halides is 3. The van der Waals surface area contributed by atoms with Crippen LogP contribution in [0.1, 0.15) is 36.8 Å². The molecule has 1 N–H and O–H groups in total. The Morgan fingerprint density at radius 2 is 1.73 bits per heavy atom. The third-order valence-electron chi connectivity index (χ3n) is 5.32. The minimum Gasteiger partial charge on any atom is -0.482 e. The third-order valence-corrected chi connectivity index (χ3v) is 7.23. The highest BCUT2D eigenvalue weighted by atomic mass is 32.2. The van der Waals surface area contributed by atoms with E-state index in [0.717, 1.165) is 24.8 Å². The average Bonchev–Trinajstić information content (AvgIpc) is 2.78. The van der Waals surface area contributed by atoms with Crippen LogP contribution in [0.15, 0.2) is 47.4 Å². The molecular formula is C23H27F3N2O4S. The van der Waals surface area contributed by atoms with Gasteiger partial charge in [0.25, 0.3) is 0 Å². The summed E-state index contributed by atoms with van der Waals surface area (Å²) in [5.41, 5.74) is 1.64. The minimum absolute atomic E-state index is 0.0482. The molecule has 10 heteroatoms. The van der Waals surface area contributed by atoms with Crippen molar-refractivity contribution in [2.75, 3.05) is 25.0 Å². The molecule has 0 aliphatic carbocycles. The maximum absolute atomic E-state index is 12.7. The van der Waals surface area contributed by atoms with E-state index in [4.69, 9.17) is 4.74 Å². The Kier molecular flexibility index (Phi) is 8.01. The number of nitrogens with zero attached hydrogens (tertiary/aromatic N) is 1. The smallest absolute Gasteiger partial charge is 0.422 e. The van der Waals surface area contributed by atoms with Crippen LogP contribution in [-0.2, 0) is 21.2 Å². The van der Waals surface area contributed by atoms with E-state index in [1.165, 1.54) is 16.4 Å². The zero-order valence-corrected chi connectivity index (χ0v) is 19.1. The molecule has 33 heavy (non-hydrogen) atoms. The summed E-state index contributed by atoms with van der Waals surface area (Å²) in [5.74, 6) is -0.436. The molecule has 1 fully saturated rings. The Bertz CT molecular complexity index is 1060. The van der Waals surface area contributed by atoms with Crippen LogP contribution in [0.2, 0.25) is 0 Å². The van der Waals surface area contributed by atoms with Crippen molar-refractivity contribution in [3.8, 4) is 5.75 Å². The zero-order chi connectivity index (χ0) is 24.1. The SMILES string of the molecule is Cc1ccc(NC(=O)CCc2ccc(S(=O)(=O)N3CCCCC3)cc2)c(OCC(F)(F)F)c1. The number of piperidine rings is 1. The number of aryl methyl sites for hydroxylation is 2. The van der Waals surface area contributed by atoms with Gasteiger partial charge >= 0.3 is 6.18 Å². The lowest BCUT2D eigenvalue weighted by Gasteiger charge is -2.25. The number of halogens is 3. The molecule has 0 aromatic heterocycles. The maximum Gasteiger partial charge on any atom is 0.422 e. The Morgan fingerprint density at radius 1 is 1.06 bits per heavy atom. The van der Waals surface area contributed by atoms with Crippen LogP contribution in [-0.4, -0.2) is 44.5 Å². The summed E-state index contributed by atoms with van der Waals surface area (Å²) >= 11 is 0. The van der Waals surface area contributed by atoms with Gasteiger partial charge in [-0.3, -0.25) is 4.79 Å². The van der Waals surface area contributed by atoms with E-state index in [9.17, 15) is 26.4 Å². The van der Waals surface area contributed by atoms with Crippen LogP contribution in [0.5, 0.6) is 5.75 Å². The normalized spacial score (nSPS) is 15.3. The quantitative estimate of drug-likeness (QED) is 0.590. The van der Waals surface area contributed by atoms with Crippen LogP contribution in [0, 0.1) is 6.92 Å². The number of anilines is 1. The van der Waals surface area contributed by atoms with E-state index in [-0.39, 0.29) is 28.7 Å². The number of ether oxygens (including phenoxy) is 1. The molecule has 0 spiro atoms. The van der Waals surface area contributed by atoms with Gasteiger partial charge < -0.3 is 10.1 Å². The molecule has 2 aromatic carbocycles. The van der Waals surface area contributed by atoms with Crippen molar-refractivity contribution in [1.82, 2.24) is 4.31 Å². The monoisotopic (exact) mass is 484 g/mol. The van der Waals surface area contributed by atoms with Crippen molar-refractivity contribution in [2.24, 2.45) is 0 Å². The Morgan fingerprint density at radius 3 is 2.36 bits per heavy atom. The van der Waals surface area contributed by atoms with Crippen LogP contribution >= 0.6 is 0 Å². The molecule has 3 rings (SSSR count). The van der Waals surface area contributed by atoms with Gasteiger partial charge in [-0.05, 0) is 61.6 Å². The first kappa shape index (κ1) is 25.0. The van der Waals surface area contributed by atoms with Crippen molar-refractivity contribution >= 4 is 21.6 Å². The molecule has 0 bridgehead atoms. The lowest BCUT2D eigenvalue weighted by atomic mass is 10.1. The summed E-state index contributed by atoms with van der Waals surface area (Å²) in [7, 11) is -3.52. The predicted octanol–water partition coefficient (Wildman–Crippen LogP) is 4.68. The summed E-state index contributed by atoms with van der Waals surface area (Å²) in [4.78, 5) is 12.6. The largest absolute Gasteiger partial charge is 0.482 e. The summed E-state index contributed by atoms with van der Waals surface area (Å²) < 4.78 is 69.3. The maximum atomic E-state index is 12.7. The van der Waals surface area contributed by atoms with Crippen molar-refractivity contribution < 1.29 is 31.1 Å². The molecule has 0 radical (unpaired) electrons. The highest BCUT2D eigenvalue weighted by molar-refractivity contribution is 7.89. The van der Waals surface area contributed by atoms with E-state index >= 15 is 0 Å². The fourth-order valence-corrected chi connectivity index (χ4v) is 5.08. The van der Waals surface area contributed by atoms with Crippen molar-refractivity contribution in [3.05, 3.63) is 53.6 Å². The number of amides is 1. The van der Waals surface area contributed by atoms with Gasteiger partial charge in [-0.1, -0.05) is 24.6 Å². The van der Waals surface area contributed by atoms with Crippen molar-refractivity contribution in [3.63, 3.8) is 0 Å². The predicted molar refractivity (Wildman–Crippen MR) is 119 cm³/mol. The van der Waals surface area contributed by atoms with E-state index in [1.54, 1.807) is 37.3 Å². The molecule has 6 nitrogen and oxygen atoms in total. The first-order valence-electron chi connectivity index (χ1n) is 10.7. The van der Waals surface area contributed by atoms with Crippen LogP contribution in [0.4, 0.5) is 18.9 Å². The summed E-state index contributed by atoms with van der Waals surface area (Å²) in [6, 6.07) is 11.0. The van der Waals surface area contributed by atoms with Crippen molar-refractivity contribution in [1.29, 1.82) is 0 Å². The number of nitrogens with one attached hydrogen (secondary N) is 1. The molecule has 1 aliphatic heterocycles. The van der Waals surface area contributed by atoms with Gasteiger partial charge in [0.2, 0.25) is 15.9 Å². The van der Waals surface area contributed by atoms with E-state index in [0.29, 0.717) is 25.1 Å². The second-order valence-electron chi connectivity index (χ2n) is 8.06. The molecule has 0 unspecified atom stereocenters. The van der Waals surface area contributed by atoms with Crippen LogP contribution < -0.4 is 10.1 Å². The Labute approximate surface area is 191 Å². The zero-order valence-electron chi connectivity index (χ0n) is 18.3. The molecule has 2 aromatic rings. The minimum atomic E-state index is -4.49. The average molecular weight is 485 g/mol. The number of hydrogen-bond acceptors (Lipinski definition) is 4. The second-order valence-corrected chi connectivity index (χ2v) is 10.00. The molecule has 1 aliphatic rings. The van der Waals surface area contributed by atoms with Crippen LogP contribution in [0.3, 0.4) is 0 Å². The van der Waals surface area contributed by atoms with Gasteiger partial charge in [-0.25, -0.2) is 8.42 Å². The summed E-state index contributed by atoms with van der Waals surface area (Å²) in [5, 5.41) is 2.59. The Balaban J connectivity index is 1.58. The van der Waals surface area contributed by atoms with E-state index in [1.807, 2.05) is 0 Å². The second kappa shape index (κ2) is 10.6. The van der Waals surface area contributed by atoms with Gasteiger partial charge in [0, 0.05) is 19.5 Å². The fourth-order valence-electron chi connectivity index (χ4n) is 3.56. The van der Waals surface area contributed by atoms with Gasteiger partial charge in [-0.2, -0.15) is 17.5 Å². The third kappa shape index (κ3) is 7.20. The van der Waals surface area contributed by atoms with Gasteiger partial charge in [-0.15, -0.1) is 0 Å². The highest BCUT2D eigenvalue weighted by Gasteiger charge is 2.29. The number of carbonyl (C=O) groups is 1. The number of benzene rings is 2. The standard InChI is InChI=1S/C23H27F3N2O4S/c1-17-5-11-20(21(15-17)32-16-23(24,25)26)27-22(29)12-8-18-6-9-19(10-7-18)33(30,31)28-13-3-2-4-14-28/h5-7,9-11,15H,2-4,8,12-14,16H2,1H3,(H,27,29). The van der Waals surface area contributed by atoms with E-state index < -0.39 is 22.8 Å². The number of hydrogen-bond donors (Lipinski definition) is 1. The lowest BCUT2D eigenvalue weighted by molar-refractivity contribution is -0.153. The van der Waals surface area contributed by atoms with Crippen LogP contribution in [0.25, 0.3) is 0 Å². The lowest BCUT2D eigenvalue weighted by Crippen LogP contribution is -2.35. The topological polar surface area (TPSA) is 75.7 Å². The molecule has 1 heterocycles.